The van der Waals surface area contributed by atoms with Crippen molar-refractivity contribution in [2.24, 2.45) is 7.05 Å². The lowest BCUT2D eigenvalue weighted by Gasteiger charge is -2.08. The highest BCUT2D eigenvalue weighted by atomic mass is 35.5. The zero-order valence-corrected chi connectivity index (χ0v) is 14.0. The van der Waals surface area contributed by atoms with Crippen LogP contribution in [0.15, 0.2) is 18.2 Å². The molecule has 6 heteroatoms. The maximum atomic E-state index is 6.35. The first-order valence-electron chi connectivity index (χ1n) is 6.34. The van der Waals surface area contributed by atoms with Gasteiger partial charge < -0.3 is 4.57 Å². The van der Waals surface area contributed by atoms with E-state index < -0.39 is 0 Å². The lowest BCUT2D eigenvalue weighted by Crippen LogP contribution is -1.95. The minimum atomic E-state index is 0.460. The molecule has 0 saturated heterocycles. The number of hydrogen-bond donors (Lipinski definition) is 0. The van der Waals surface area contributed by atoms with Gasteiger partial charge in [0.05, 0.1) is 16.1 Å². The van der Waals surface area contributed by atoms with Crippen molar-refractivity contribution >= 4 is 45.7 Å². The molecule has 2 heterocycles. The maximum Gasteiger partial charge on any atom is 0.142 e. The minimum absolute atomic E-state index is 0.460. The van der Waals surface area contributed by atoms with E-state index in [1.165, 1.54) is 0 Å². The van der Waals surface area contributed by atoms with E-state index in [0.29, 0.717) is 21.0 Å². The van der Waals surface area contributed by atoms with Crippen molar-refractivity contribution in [1.29, 1.82) is 0 Å². The van der Waals surface area contributed by atoms with Crippen LogP contribution in [0.4, 0.5) is 0 Å². The first kappa shape index (κ1) is 14.6. The van der Waals surface area contributed by atoms with Crippen molar-refractivity contribution in [2.75, 3.05) is 0 Å². The van der Waals surface area contributed by atoms with Crippen molar-refractivity contribution in [3.63, 3.8) is 0 Å². The highest BCUT2D eigenvalue weighted by molar-refractivity contribution is 6.37. The lowest BCUT2D eigenvalue weighted by molar-refractivity contribution is 0.897. The van der Waals surface area contributed by atoms with Gasteiger partial charge in [0.2, 0.25) is 0 Å². The van der Waals surface area contributed by atoms with Gasteiger partial charge in [-0.05, 0) is 32.0 Å². The van der Waals surface area contributed by atoms with Crippen LogP contribution in [0.5, 0.6) is 0 Å². The van der Waals surface area contributed by atoms with Gasteiger partial charge in [-0.1, -0.05) is 34.8 Å². The van der Waals surface area contributed by atoms with Gasteiger partial charge >= 0.3 is 0 Å². The Morgan fingerprint density at radius 2 is 1.76 bits per heavy atom. The number of nitrogens with zero attached hydrogens (tertiary/aromatic N) is 3. The molecule has 108 valence electrons. The molecule has 0 spiro atoms. The lowest BCUT2D eigenvalue weighted by atomic mass is 10.1. The van der Waals surface area contributed by atoms with Crippen LogP contribution in [0.3, 0.4) is 0 Å². The quantitative estimate of drug-likeness (QED) is 0.569. The standard InChI is InChI=1S/C15H12Cl3N3/c1-7-12-13(19-8(2)20-15(12)18)14(21(7)3)10-5-4-9(16)6-11(10)17/h4-6H,1-3H3. The summed E-state index contributed by atoms with van der Waals surface area (Å²) in [7, 11) is 1.96. The van der Waals surface area contributed by atoms with Crippen molar-refractivity contribution in [3.05, 3.63) is 44.9 Å². The van der Waals surface area contributed by atoms with Gasteiger partial charge in [-0.3, -0.25) is 0 Å². The van der Waals surface area contributed by atoms with Gasteiger partial charge in [-0.15, -0.1) is 0 Å². The van der Waals surface area contributed by atoms with Gasteiger partial charge in [0.25, 0.3) is 0 Å². The topological polar surface area (TPSA) is 30.7 Å². The summed E-state index contributed by atoms with van der Waals surface area (Å²) < 4.78 is 2.03. The van der Waals surface area contributed by atoms with Crippen LogP contribution in [0, 0.1) is 13.8 Å². The Kier molecular flexibility index (Phi) is 3.60. The number of benzene rings is 1. The molecule has 0 amide bonds. The molecule has 0 aliphatic rings. The summed E-state index contributed by atoms with van der Waals surface area (Å²) in [6.07, 6.45) is 0. The SMILES string of the molecule is Cc1nc(Cl)c2c(C)n(C)c(-c3ccc(Cl)cc3Cl)c2n1. The van der Waals surface area contributed by atoms with Gasteiger partial charge in [-0.25, -0.2) is 9.97 Å². The van der Waals surface area contributed by atoms with Crippen LogP contribution in [-0.2, 0) is 7.05 Å². The van der Waals surface area contributed by atoms with E-state index >= 15 is 0 Å². The Labute approximate surface area is 137 Å². The van der Waals surface area contributed by atoms with Crippen LogP contribution in [-0.4, -0.2) is 14.5 Å². The second-order valence-electron chi connectivity index (χ2n) is 4.90. The molecular formula is C15H12Cl3N3. The van der Waals surface area contributed by atoms with Gasteiger partial charge in [0.1, 0.15) is 16.5 Å². The number of rotatable bonds is 1. The summed E-state index contributed by atoms with van der Waals surface area (Å²) in [4.78, 5) is 8.78. The normalized spacial score (nSPS) is 11.3. The Bertz CT molecular complexity index is 868. The van der Waals surface area contributed by atoms with Crippen molar-refractivity contribution < 1.29 is 0 Å². The van der Waals surface area contributed by atoms with E-state index in [4.69, 9.17) is 34.8 Å². The third-order valence-electron chi connectivity index (χ3n) is 3.59. The second-order valence-corrected chi connectivity index (χ2v) is 6.10. The molecule has 1 aromatic carbocycles. The fourth-order valence-electron chi connectivity index (χ4n) is 2.51. The first-order valence-corrected chi connectivity index (χ1v) is 7.48. The molecule has 3 rings (SSSR count). The molecule has 3 nitrogen and oxygen atoms in total. The fourth-order valence-corrected chi connectivity index (χ4v) is 3.36. The molecule has 0 N–H and O–H groups in total. The van der Waals surface area contributed by atoms with E-state index in [0.717, 1.165) is 27.9 Å². The average molecular weight is 341 g/mol. The monoisotopic (exact) mass is 339 g/mol. The van der Waals surface area contributed by atoms with E-state index in [2.05, 4.69) is 9.97 Å². The van der Waals surface area contributed by atoms with E-state index in [-0.39, 0.29) is 0 Å². The van der Waals surface area contributed by atoms with Gasteiger partial charge in [-0.2, -0.15) is 0 Å². The maximum absolute atomic E-state index is 6.35. The molecule has 0 unspecified atom stereocenters. The highest BCUT2D eigenvalue weighted by Gasteiger charge is 2.20. The molecule has 0 fully saturated rings. The van der Waals surface area contributed by atoms with Crippen LogP contribution in [0.1, 0.15) is 11.5 Å². The molecule has 0 atom stereocenters. The fraction of sp³-hybridized carbons (Fsp3) is 0.200. The number of aryl methyl sites for hydroxylation is 2. The number of fused-ring (bicyclic) bond motifs is 1. The molecule has 0 bridgehead atoms. The number of hydrogen-bond acceptors (Lipinski definition) is 2. The van der Waals surface area contributed by atoms with Crippen LogP contribution < -0.4 is 0 Å². The Hall–Kier alpha value is -1.29. The van der Waals surface area contributed by atoms with E-state index in [1.54, 1.807) is 6.07 Å². The smallest absolute Gasteiger partial charge is 0.142 e. The van der Waals surface area contributed by atoms with Crippen molar-refractivity contribution in [2.45, 2.75) is 13.8 Å². The van der Waals surface area contributed by atoms with Crippen LogP contribution in [0.2, 0.25) is 15.2 Å². The third-order valence-corrected chi connectivity index (χ3v) is 4.41. The summed E-state index contributed by atoms with van der Waals surface area (Å²) >= 11 is 18.6. The Balaban J connectivity index is 2.45. The second kappa shape index (κ2) is 5.16. The molecule has 21 heavy (non-hydrogen) atoms. The van der Waals surface area contributed by atoms with Gasteiger partial charge in [0, 0.05) is 23.3 Å². The van der Waals surface area contributed by atoms with E-state index in [1.807, 2.05) is 37.6 Å². The summed E-state index contributed by atoms with van der Waals surface area (Å²) in [5, 5.41) is 2.49. The number of aromatic nitrogens is 3. The molecule has 2 aromatic heterocycles. The van der Waals surface area contributed by atoms with Crippen LogP contribution in [0.25, 0.3) is 22.2 Å². The van der Waals surface area contributed by atoms with Crippen molar-refractivity contribution in [1.82, 2.24) is 14.5 Å². The van der Waals surface area contributed by atoms with Crippen LogP contribution >= 0.6 is 34.8 Å². The highest BCUT2D eigenvalue weighted by Crippen LogP contribution is 2.38. The first-order chi connectivity index (χ1) is 9.90. The van der Waals surface area contributed by atoms with Crippen molar-refractivity contribution in [3.8, 4) is 11.3 Å². The zero-order valence-electron chi connectivity index (χ0n) is 11.7. The zero-order chi connectivity index (χ0) is 15.3. The summed E-state index contributed by atoms with van der Waals surface area (Å²) in [6.45, 7) is 3.81. The molecule has 0 radical (unpaired) electrons. The average Bonchev–Trinajstić information content (AvgIpc) is 2.63. The molecule has 3 aromatic rings. The van der Waals surface area contributed by atoms with E-state index in [9.17, 15) is 0 Å². The molecule has 0 aliphatic heterocycles. The summed E-state index contributed by atoms with van der Waals surface area (Å²) in [6, 6.07) is 5.43. The summed E-state index contributed by atoms with van der Waals surface area (Å²) in [5.74, 6) is 0.629. The predicted octanol–water partition coefficient (Wildman–Crippen LogP) is 5.21. The van der Waals surface area contributed by atoms with Gasteiger partial charge in [0.15, 0.2) is 0 Å². The molecule has 0 saturated carbocycles. The minimum Gasteiger partial charge on any atom is -0.345 e. The third kappa shape index (κ3) is 2.30. The molecular weight excluding hydrogens is 329 g/mol. The Morgan fingerprint density at radius 3 is 2.43 bits per heavy atom. The molecule has 0 aliphatic carbocycles. The predicted molar refractivity (Wildman–Crippen MR) is 88.4 cm³/mol. The number of halogens is 3. The Morgan fingerprint density at radius 1 is 1.05 bits per heavy atom. The largest absolute Gasteiger partial charge is 0.345 e. The summed E-state index contributed by atoms with van der Waals surface area (Å²) in [5.41, 5.74) is 3.58.